The molecule has 1 amide bonds. The maximum absolute atomic E-state index is 12.9. The summed E-state index contributed by atoms with van der Waals surface area (Å²) in [7, 11) is 2.18. The predicted octanol–water partition coefficient (Wildman–Crippen LogP) is 4.25. The summed E-state index contributed by atoms with van der Waals surface area (Å²) in [6.07, 6.45) is 10.8. The molecule has 1 saturated carbocycles. The minimum atomic E-state index is -0.0424. The molecule has 2 heterocycles. The van der Waals surface area contributed by atoms with E-state index >= 15 is 0 Å². The van der Waals surface area contributed by atoms with Crippen LogP contribution in [0.25, 0.3) is 5.82 Å². The van der Waals surface area contributed by atoms with Crippen molar-refractivity contribution in [2.75, 3.05) is 13.6 Å². The number of benzene rings is 1. The van der Waals surface area contributed by atoms with Gasteiger partial charge in [0.1, 0.15) is 0 Å². The van der Waals surface area contributed by atoms with E-state index in [9.17, 15) is 4.79 Å². The lowest BCUT2D eigenvalue weighted by molar-refractivity contribution is 0.0889. The predicted molar refractivity (Wildman–Crippen MR) is 127 cm³/mol. The van der Waals surface area contributed by atoms with E-state index < -0.39 is 0 Å². The fourth-order valence-corrected chi connectivity index (χ4v) is 4.59. The van der Waals surface area contributed by atoms with Crippen LogP contribution < -0.4 is 5.32 Å². The first-order valence-electron chi connectivity index (χ1n) is 11.7. The normalized spacial score (nSPS) is 18.6. The molecule has 1 fully saturated rings. The molecule has 6 heteroatoms. The molecule has 3 aromatic rings. The van der Waals surface area contributed by atoms with Crippen LogP contribution in [0.15, 0.2) is 61.1 Å². The molecule has 0 radical (unpaired) electrons. The van der Waals surface area contributed by atoms with E-state index in [2.05, 4.69) is 58.5 Å². The highest BCUT2D eigenvalue weighted by molar-refractivity contribution is 5.94. The van der Waals surface area contributed by atoms with E-state index in [0.717, 1.165) is 32.4 Å². The van der Waals surface area contributed by atoms with Gasteiger partial charge in [0.05, 0.1) is 5.56 Å². The molecule has 6 nitrogen and oxygen atoms in total. The molecule has 2 unspecified atom stereocenters. The van der Waals surface area contributed by atoms with Crippen LogP contribution in [0, 0.1) is 5.92 Å². The van der Waals surface area contributed by atoms with Crippen molar-refractivity contribution in [3.05, 3.63) is 77.7 Å². The fraction of sp³-hybridized carbons (Fsp3) is 0.423. The first kappa shape index (κ1) is 22.2. The van der Waals surface area contributed by atoms with E-state index in [1.54, 1.807) is 17.1 Å². The maximum atomic E-state index is 12.9. The molecule has 32 heavy (non-hydrogen) atoms. The monoisotopic (exact) mass is 431 g/mol. The van der Waals surface area contributed by atoms with Crippen molar-refractivity contribution in [3.8, 4) is 5.82 Å². The molecule has 0 aliphatic heterocycles. The molecule has 2 aromatic heterocycles. The summed E-state index contributed by atoms with van der Waals surface area (Å²) in [5.41, 5.74) is 3.30. The van der Waals surface area contributed by atoms with Gasteiger partial charge in [-0.05, 0) is 61.6 Å². The molecule has 1 aliphatic carbocycles. The van der Waals surface area contributed by atoms with Crippen LogP contribution in [-0.2, 0) is 13.0 Å². The van der Waals surface area contributed by atoms with Crippen molar-refractivity contribution in [1.82, 2.24) is 25.0 Å². The van der Waals surface area contributed by atoms with Crippen LogP contribution >= 0.6 is 0 Å². The summed E-state index contributed by atoms with van der Waals surface area (Å²) in [6, 6.07) is 14.6. The zero-order chi connectivity index (χ0) is 22.3. The SMILES string of the molecule is CCc1ccc(CN(C)CC2CCCCC2NC(=O)c2ccc(-n3cccn3)nc2)cc1. The van der Waals surface area contributed by atoms with Crippen LogP contribution in [0.3, 0.4) is 0 Å². The van der Waals surface area contributed by atoms with E-state index in [1.807, 2.05) is 24.4 Å². The van der Waals surface area contributed by atoms with Gasteiger partial charge in [-0.3, -0.25) is 4.79 Å². The standard InChI is InChI=1S/C26H33N5O/c1-3-20-9-11-21(12-10-20)18-30(2)19-23-7-4-5-8-24(23)29-26(32)22-13-14-25(27-17-22)31-16-6-15-28-31/h6,9-17,23-24H,3-5,7-8,18-19H2,1-2H3,(H,29,32). The molecule has 168 valence electrons. The van der Waals surface area contributed by atoms with E-state index in [4.69, 9.17) is 0 Å². The smallest absolute Gasteiger partial charge is 0.253 e. The van der Waals surface area contributed by atoms with Gasteiger partial charge in [-0.2, -0.15) is 5.10 Å². The Hall–Kier alpha value is -2.99. The highest BCUT2D eigenvalue weighted by atomic mass is 16.1. The van der Waals surface area contributed by atoms with Crippen LogP contribution in [0.1, 0.15) is 54.1 Å². The van der Waals surface area contributed by atoms with Crippen LogP contribution in [0.5, 0.6) is 0 Å². The zero-order valence-electron chi connectivity index (χ0n) is 19.1. The quantitative estimate of drug-likeness (QED) is 0.579. The number of hydrogen-bond donors (Lipinski definition) is 1. The highest BCUT2D eigenvalue weighted by Crippen LogP contribution is 2.26. The van der Waals surface area contributed by atoms with Crippen LogP contribution in [0.2, 0.25) is 0 Å². The lowest BCUT2D eigenvalue weighted by Gasteiger charge is -2.35. The molecular formula is C26H33N5O. The Bertz CT molecular complexity index is 982. The molecule has 1 aromatic carbocycles. The summed E-state index contributed by atoms with van der Waals surface area (Å²) in [5.74, 6) is 1.12. The topological polar surface area (TPSA) is 63.1 Å². The fourth-order valence-electron chi connectivity index (χ4n) is 4.59. The third-order valence-electron chi connectivity index (χ3n) is 6.40. The van der Waals surface area contributed by atoms with Crippen molar-refractivity contribution < 1.29 is 4.79 Å². The number of aryl methyl sites for hydroxylation is 1. The first-order valence-corrected chi connectivity index (χ1v) is 11.7. The lowest BCUT2D eigenvalue weighted by Crippen LogP contribution is -2.45. The van der Waals surface area contributed by atoms with Crippen LogP contribution in [-0.4, -0.2) is 45.2 Å². The van der Waals surface area contributed by atoms with E-state index in [-0.39, 0.29) is 11.9 Å². The minimum absolute atomic E-state index is 0.0424. The molecule has 0 saturated heterocycles. The zero-order valence-corrected chi connectivity index (χ0v) is 19.1. The van der Waals surface area contributed by atoms with Crippen LogP contribution in [0.4, 0.5) is 0 Å². The summed E-state index contributed by atoms with van der Waals surface area (Å²) < 4.78 is 1.68. The molecule has 0 spiro atoms. The Morgan fingerprint density at radius 3 is 2.59 bits per heavy atom. The van der Waals surface area contributed by atoms with E-state index in [0.29, 0.717) is 17.3 Å². The number of pyridine rings is 1. The molecule has 2 atom stereocenters. The second-order valence-corrected chi connectivity index (χ2v) is 8.85. The Morgan fingerprint density at radius 1 is 1.12 bits per heavy atom. The summed E-state index contributed by atoms with van der Waals surface area (Å²) in [6.45, 7) is 4.10. The van der Waals surface area contributed by atoms with Crippen molar-refractivity contribution >= 4 is 5.91 Å². The first-order chi connectivity index (χ1) is 15.6. The second-order valence-electron chi connectivity index (χ2n) is 8.85. The van der Waals surface area contributed by atoms with Crippen molar-refractivity contribution in [2.24, 2.45) is 5.92 Å². The average molecular weight is 432 g/mol. The summed E-state index contributed by atoms with van der Waals surface area (Å²) in [4.78, 5) is 19.7. The number of carbonyl (C=O) groups is 1. The largest absolute Gasteiger partial charge is 0.349 e. The number of aromatic nitrogens is 3. The van der Waals surface area contributed by atoms with Gasteiger partial charge in [0.2, 0.25) is 0 Å². The number of nitrogens with one attached hydrogen (secondary N) is 1. The van der Waals surface area contributed by atoms with E-state index in [1.165, 1.54) is 24.0 Å². The second kappa shape index (κ2) is 10.6. The van der Waals surface area contributed by atoms with Gasteiger partial charge in [0.15, 0.2) is 5.82 Å². The van der Waals surface area contributed by atoms with Gasteiger partial charge in [-0.15, -0.1) is 0 Å². The molecule has 1 N–H and O–H groups in total. The van der Waals surface area contributed by atoms with Gasteiger partial charge in [0, 0.05) is 37.7 Å². The Labute approximate surface area is 190 Å². The van der Waals surface area contributed by atoms with Gasteiger partial charge < -0.3 is 10.2 Å². The number of nitrogens with zero attached hydrogens (tertiary/aromatic N) is 4. The highest BCUT2D eigenvalue weighted by Gasteiger charge is 2.28. The van der Waals surface area contributed by atoms with Gasteiger partial charge in [0.25, 0.3) is 5.91 Å². The van der Waals surface area contributed by atoms with Crippen molar-refractivity contribution in [1.29, 1.82) is 0 Å². The molecule has 0 bridgehead atoms. The lowest BCUT2D eigenvalue weighted by atomic mass is 9.84. The number of hydrogen-bond acceptors (Lipinski definition) is 4. The number of rotatable bonds is 8. The minimum Gasteiger partial charge on any atom is -0.349 e. The summed E-state index contributed by atoms with van der Waals surface area (Å²) >= 11 is 0. The molecular weight excluding hydrogens is 398 g/mol. The summed E-state index contributed by atoms with van der Waals surface area (Å²) in [5, 5.41) is 7.48. The van der Waals surface area contributed by atoms with Crippen molar-refractivity contribution in [3.63, 3.8) is 0 Å². The molecule has 4 rings (SSSR count). The average Bonchev–Trinajstić information content (AvgIpc) is 3.36. The molecule has 1 aliphatic rings. The third kappa shape index (κ3) is 5.62. The van der Waals surface area contributed by atoms with Gasteiger partial charge >= 0.3 is 0 Å². The number of amides is 1. The van der Waals surface area contributed by atoms with Crippen molar-refractivity contribution in [2.45, 2.75) is 51.6 Å². The Balaban J connectivity index is 1.34. The Morgan fingerprint density at radius 2 is 1.91 bits per heavy atom. The van der Waals surface area contributed by atoms with Gasteiger partial charge in [-0.25, -0.2) is 9.67 Å². The van der Waals surface area contributed by atoms with Gasteiger partial charge in [-0.1, -0.05) is 44.0 Å². The number of carbonyl (C=O) groups excluding carboxylic acids is 1. The maximum Gasteiger partial charge on any atom is 0.253 e. The third-order valence-corrected chi connectivity index (χ3v) is 6.40. The Kier molecular flexibility index (Phi) is 7.32.